The van der Waals surface area contributed by atoms with E-state index in [0.29, 0.717) is 11.2 Å². The second-order valence-electron chi connectivity index (χ2n) is 10.5. The maximum atomic E-state index is 13.4. The topological polar surface area (TPSA) is 255 Å². The van der Waals surface area contributed by atoms with Crippen LogP contribution in [-0.4, -0.2) is 112 Å². The van der Waals surface area contributed by atoms with E-state index >= 15 is 0 Å². The number of methoxy groups -OCH3 is 3. The number of ether oxygens (including phenoxy) is 5. The number of carbonyl (C=O) groups is 1. The van der Waals surface area contributed by atoms with Crippen LogP contribution in [0, 0.1) is 5.92 Å². The minimum Gasteiger partial charge on any atom is -0.382 e. The van der Waals surface area contributed by atoms with Crippen molar-refractivity contribution in [1.82, 2.24) is 34.4 Å². The molecule has 2 aliphatic rings. The van der Waals surface area contributed by atoms with Crippen LogP contribution in [0.5, 0.6) is 0 Å². The second-order valence-corrected chi connectivity index (χ2v) is 12.0. The number of nitrogens with zero attached hydrogens (tertiary/aromatic N) is 5. The van der Waals surface area contributed by atoms with E-state index in [1.807, 2.05) is 0 Å². The van der Waals surface area contributed by atoms with Gasteiger partial charge in [-0.25, -0.2) is 24.3 Å². The molecule has 0 aromatic carbocycles. The molecule has 46 heavy (non-hydrogen) atoms. The summed E-state index contributed by atoms with van der Waals surface area (Å²) >= 11 is 0. The van der Waals surface area contributed by atoms with E-state index in [-0.39, 0.29) is 25.4 Å². The number of hydrogen-bond acceptors (Lipinski definition) is 15. The first kappa shape index (κ1) is 33.8. The number of hydrogen-bond donors (Lipinski definition) is 4. The van der Waals surface area contributed by atoms with E-state index in [1.165, 1.54) is 40.2 Å². The highest BCUT2D eigenvalue weighted by Gasteiger charge is 2.51. The lowest BCUT2D eigenvalue weighted by atomic mass is 9.93. The SMILES string of the molecule is COC[C@H]1O[C@@H](n2cnc3c(N)ncnc32)[C@H](OC)[C@@H]1CC(=O)NC[C@H]1O[C@@H](n2ccc(=O)[nH]c2=O)[C@H](OC)[C@@H]1OP(=O)(O)OC. The second kappa shape index (κ2) is 14.0. The van der Waals surface area contributed by atoms with Crippen LogP contribution >= 0.6 is 7.82 Å². The largest absolute Gasteiger partial charge is 0.472 e. The molecule has 9 atom stereocenters. The molecule has 2 fully saturated rings. The highest BCUT2D eigenvalue weighted by molar-refractivity contribution is 7.47. The van der Waals surface area contributed by atoms with Crippen LogP contribution in [0.2, 0.25) is 0 Å². The van der Waals surface area contributed by atoms with Gasteiger partial charge in [0.05, 0.1) is 19.0 Å². The van der Waals surface area contributed by atoms with Crippen LogP contribution in [0.3, 0.4) is 0 Å². The lowest BCUT2D eigenvalue weighted by Gasteiger charge is -2.25. The van der Waals surface area contributed by atoms with Gasteiger partial charge in [0.15, 0.2) is 23.9 Å². The van der Waals surface area contributed by atoms with Crippen molar-refractivity contribution in [1.29, 1.82) is 0 Å². The van der Waals surface area contributed by atoms with E-state index in [2.05, 4.69) is 29.8 Å². The summed E-state index contributed by atoms with van der Waals surface area (Å²) in [6.45, 7) is -0.0821. The zero-order chi connectivity index (χ0) is 33.2. The molecule has 0 bridgehead atoms. The van der Waals surface area contributed by atoms with Crippen LogP contribution in [0.25, 0.3) is 11.2 Å². The van der Waals surface area contributed by atoms with E-state index in [0.717, 1.165) is 17.7 Å². The summed E-state index contributed by atoms with van der Waals surface area (Å²) < 4.78 is 54.0. The first-order chi connectivity index (χ1) is 22.0. The summed E-state index contributed by atoms with van der Waals surface area (Å²) in [7, 11) is 0.668. The van der Waals surface area contributed by atoms with Gasteiger partial charge in [0.1, 0.15) is 36.3 Å². The molecule has 2 saturated heterocycles. The molecule has 5 heterocycles. The van der Waals surface area contributed by atoms with E-state index in [4.69, 9.17) is 33.9 Å². The zero-order valence-corrected chi connectivity index (χ0v) is 26.1. The van der Waals surface area contributed by atoms with Crippen molar-refractivity contribution in [3.05, 3.63) is 45.8 Å². The molecule has 5 N–H and O–H groups in total. The molecule has 252 valence electrons. The molecule has 3 aromatic heterocycles. The Morgan fingerprint density at radius 3 is 2.46 bits per heavy atom. The molecular weight excluding hydrogens is 635 g/mol. The molecule has 3 aromatic rings. The standard InChI is InChI=1S/C25H35N8O12P/c1-39-9-14-12(18(40-2)23(44-14)33-11-30-17-21(26)28-10-29-22(17)33)7-16(35)27-8-13-19(45-46(37,38)42-4)20(41-3)24(43-13)32-6-5-15(34)31-25(32)36/h5-6,10-14,18-20,23-24H,7-9H2,1-4H3,(H,27,35)(H,37,38)(H2,26,28,29)(H,31,34,36)/t12-,13-,14-,18-,19-,20-,23-,24-/m1/s1. The number of nitrogen functional groups attached to an aromatic ring is 1. The smallest absolute Gasteiger partial charge is 0.382 e. The van der Waals surface area contributed by atoms with E-state index in [1.54, 1.807) is 4.57 Å². The van der Waals surface area contributed by atoms with Crippen LogP contribution in [-0.2, 0) is 42.1 Å². The number of nitrogens with two attached hydrogens (primary N) is 1. The Bertz CT molecular complexity index is 1700. The van der Waals surface area contributed by atoms with Crippen molar-refractivity contribution in [2.24, 2.45) is 5.92 Å². The number of nitrogens with one attached hydrogen (secondary N) is 2. The lowest BCUT2D eigenvalue weighted by Crippen LogP contribution is -2.43. The zero-order valence-electron chi connectivity index (χ0n) is 25.2. The molecule has 20 nitrogen and oxygen atoms in total. The average Bonchev–Trinajstić information content (AvgIpc) is 3.70. The first-order valence-corrected chi connectivity index (χ1v) is 15.4. The van der Waals surface area contributed by atoms with Crippen molar-refractivity contribution in [2.45, 2.75) is 49.4 Å². The average molecular weight is 671 g/mol. The molecule has 0 saturated carbocycles. The third-order valence-electron chi connectivity index (χ3n) is 7.85. The number of phosphoric acid groups is 1. The van der Waals surface area contributed by atoms with Crippen molar-refractivity contribution in [3.8, 4) is 0 Å². The summed E-state index contributed by atoms with van der Waals surface area (Å²) in [5.41, 5.74) is 5.30. The number of aromatic nitrogens is 6. The summed E-state index contributed by atoms with van der Waals surface area (Å²) in [6, 6.07) is 1.10. The number of anilines is 1. The molecule has 0 aliphatic carbocycles. The number of imidazole rings is 1. The van der Waals surface area contributed by atoms with Crippen molar-refractivity contribution in [3.63, 3.8) is 0 Å². The maximum absolute atomic E-state index is 13.4. The minimum atomic E-state index is -4.59. The molecule has 21 heteroatoms. The Hall–Kier alpha value is -3.59. The Morgan fingerprint density at radius 2 is 1.78 bits per heavy atom. The monoisotopic (exact) mass is 670 g/mol. The number of carbonyl (C=O) groups excluding carboxylic acids is 1. The molecule has 1 amide bonds. The number of aromatic amines is 1. The van der Waals surface area contributed by atoms with Crippen LogP contribution < -0.4 is 22.3 Å². The van der Waals surface area contributed by atoms with Gasteiger partial charge in [0.25, 0.3) is 5.56 Å². The minimum absolute atomic E-state index is 0.0852. The normalized spacial score (nSPS) is 29.2. The van der Waals surface area contributed by atoms with Crippen LogP contribution in [0.15, 0.2) is 34.5 Å². The van der Waals surface area contributed by atoms with Gasteiger partial charge >= 0.3 is 13.5 Å². The number of phosphoric ester groups is 1. The molecular formula is C25H35N8O12P. The van der Waals surface area contributed by atoms with Gasteiger partial charge in [-0.15, -0.1) is 0 Å². The number of rotatable bonds is 13. The van der Waals surface area contributed by atoms with Crippen molar-refractivity contribution in [2.75, 3.05) is 47.3 Å². The summed E-state index contributed by atoms with van der Waals surface area (Å²) in [4.78, 5) is 62.3. The fraction of sp³-hybridized carbons (Fsp3) is 0.600. The van der Waals surface area contributed by atoms with Gasteiger partial charge in [-0.05, 0) is 0 Å². The Balaban J connectivity index is 1.34. The summed E-state index contributed by atoms with van der Waals surface area (Å²) in [5, 5.41) is 2.75. The number of H-pyrrole nitrogens is 1. The Morgan fingerprint density at radius 1 is 1.07 bits per heavy atom. The predicted octanol–water partition coefficient (Wildman–Crippen LogP) is -1.32. The highest BCUT2D eigenvalue weighted by atomic mass is 31.2. The predicted molar refractivity (Wildman–Crippen MR) is 155 cm³/mol. The van der Waals surface area contributed by atoms with Gasteiger partial charge in [-0.1, -0.05) is 0 Å². The fourth-order valence-electron chi connectivity index (χ4n) is 5.73. The quantitative estimate of drug-likeness (QED) is 0.154. The van der Waals surface area contributed by atoms with Gasteiger partial charge < -0.3 is 39.6 Å². The van der Waals surface area contributed by atoms with Gasteiger partial charge in [0.2, 0.25) is 5.91 Å². The van der Waals surface area contributed by atoms with Gasteiger partial charge in [0, 0.05) is 59.6 Å². The van der Waals surface area contributed by atoms with Crippen molar-refractivity contribution < 1.29 is 47.0 Å². The molecule has 0 radical (unpaired) electrons. The van der Waals surface area contributed by atoms with Crippen molar-refractivity contribution >= 4 is 30.7 Å². The summed E-state index contributed by atoms with van der Waals surface area (Å²) in [6.07, 6.45) is -2.75. The molecule has 1 unspecified atom stereocenters. The number of fused-ring (bicyclic) bond motifs is 1. The molecule has 5 rings (SSSR count). The summed E-state index contributed by atoms with van der Waals surface area (Å²) in [5.74, 6) is -0.754. The molecule has 2 aliphatic heterocycles. The number of amides is 1. The van der Waals surface area contributed by atoms with Gasteiger partial charge in [-0.3, -0.25) is 32.8 Å². The maximum Gasteiger partial charge on any atom is 0.472 e. The lowest BCUT2D eigenvalue weighted by molar-refractivity contribution is -0.124. The third kappa shape index (κ3) is 6.75. The molecule has 0 spiro atoms. The van der Waals surface area contributed by atoms with Crippen LogP contribution in [0.1, 0.15) is 18.9 Å². The van der Waals surface area contributed by atoms with E-state index < -0.39 is 73.9 Å². The fourth-order valence-corrected chi connectivity index (χ4v) is 6.38. The first-order valence-electron chi connectivity index (χ1n) is 13.9. The third-order valence-corrected chi connectivity index (χ3v) is 8.82. The van der Waals surface area contributed by atoms with Gasteiger partial charge in [-0.2, -0.15) is 0 Å². The highest BCUT2D eigenvalue weighted by Crippen LogP contribution is 2.48. The van der Waals surface area contributed by atoms with E-state index in [9.17, 15) is 23.8 Å². The van der Waals surface area contributed by atoms with Crippen LogP contribution in [0.4, 0.5) is 5.82 Å². The Kier molecular flexibility index (Phi) is 10.3. The Labute approximate surface area is 260 Å².